The molecule has 0 bridgehead atoms. The van der Waals surface area contributed by atoms with Gasteiger partial charge in [0, 0.05) is 16.4 Å². The van der Waals surface area contributed by atoms with Crippen LogP contribution in [-0.4, -0.2) is 13.8 Å². The van der Waals surface area contributed by atoms with E-state index < -0.39 is 14.4 Å². The van der Waals surface area contributed by atoms with Gasteiger partial charge in [-0.25, -0.2) is 8.42 Å². The maximum absolute atomic E-state index is 11.1. The average Bonchev–Trinajstić information content (AvgIpc) is 2.16. The molecule has 76 valence electrons. The van der Waals surface area contributed by atoms with Gasteiger partial charge >= 0.3 is 0 Å². The predicted octanol–water partition coefficient (Wildman–Crippen LogP) is 1.94. The Hall–Kier alpha value is -0.740. The molecule has 2 rings (SSSR count). The summed E-state index contributed by atoms with van der Waals surface area (Å²) >= 11 is 0. The average molecular weight is 232 g/mol. The van der Waals surface area contributed by atoms with E-state index in [0.29, 0.717) is 6.42 Å². The van der Waals surface area contributed by atoms with Crippen LogP contribution in [0.25, 0.3) is 0 Å². The molecule has 1 atom stereocenters. The number of anilines is 1. The fourth-order valence-electron chi connectivity index (χ4n) is 1.62. The molecule has 1 aliphatic rings. The Bertz CT molecular complexity index is 444. The molecule has 0 fully saturated rings. The quantitative estimate of drug-likeness (QED) is 0.752. The molecule has 5 heteroatoms. The van der Waals surface area contributed by atoms with Crippen molar-refractivity contribution in [2.24, 2.45) is 0 Å². The molecule has 1 N–H and O–H groups in total. The standard InChI is InChI=1S/C9H10ClNO2S/c10-14(12,13)9-6-5-7-3-1-2-4-8(7)11-9/h1-4,9,11H,5-6H2/t9-/m0/s1. The summed E-state index contributed by atoms with van der Waals surface area (Å²) in [6.07, 6.45) is 1.28. The number of halogens is 1. The van der Waals surface area contributed by atoms with Crippen LogP contribution >= 0.6 is 10.7 Å². The lowest BCUT2D eigenvalue weighted by atomic mass is 10.0. The van der Waals surface area contributed by atoms with E-state index in [0.717, 1.165) is 17.7 Å². The summed E-state index contributed by atoms with van der Waals surface area (Å²) in [5.41, 5.74) is 2.01. The third-order valence-corrected chi connectivity index (χ3v) is 4.03. The van der Waals surface area contributed by atoms with Gasteiger partial charge in [0.15, 0.2) is 0 Å². The van der Waals surface area contributed by atoms with Crippen molar-refractivity contribution in [2.45, 2.75) is 18.2 Å². The van der Waals surface area contributed by atoms with Crippen molar-refractivity contribution in [3.63, 3.8) is 0 Å². The van der Waals surface area contributed by atoms with Crippen LogP contribution in [0.15, 0.2) is 24.3 Å². The first-order valence-corrected chi connectivity index (χ1v) is 6.72. The fourth-order valence-corrected chi connectivity index (χ4v) is 2.69. The van der Waals surface area contributed by atoms with Gasteiger partial charge in [-0.05, 0) is 24.5 Å². The van der Waals surface area contributed by atoms with Crippen molar-refractivity contribution < 1.29 is 8.42 Å². The molecule has 14 heavy (non-hydrogen) atoms. The highest BCUT2D eigenvalue weighted by Gasteiger charge is 2.26. The summed E-state index contributed by atoms with van der Waals surface area (Å²) in [7, 11) is 1.78. The third-order valence-electron chi connectivity index (χ3n) is 2.35. The molecule has 0 spiro atoms. The van der Waals surface area contributed by atoms with Gasteiger partial charge in [-0.3, -0.25) is 0 Å². The van der Waals surface area contributed by atoms with Crippen LogP contribution in [0.3, 0.4) is 0 Å². The van der Waals surface area contributed by atoms with Gasteiger partial charge in [0.1, 0.15) is 5.37 Å². The first-order valence-electron chi connectivity index (χ1n) is 4.35. The van der Waals surface area contributed by atoms with Crippen molar-refractivity contribution >= 4 is 25.4 Å². The van der Waals surface area contributed by atoms with Crippen molar-refractivity contribution in [1.82, 2.24) is 0 Å². The normalized spacial score (nSPS) is 21.1. The summed E-state index contributed by atoms with van der Waals surface area (Å²) in [4.78, 5) is 0. The van der Waals surface area contributed by atoms with E-state index in [1.807, 2.05) is 24.3 Å². The Morgan fingerprint density at radius 2 is 2.07 bits per heavy atom. The van der Waals surface area contributed by atoms with Crippen LogP contribution in [0.1, 0.15) is 12.0 Å². The maximum atomic E-state index is 11.1. The largest absolute Gasteiger partial charge is 0.368 e. The fraction of sp³-hybridized carbons (Fsp3) is 0.333. The highest BCUT2D eigenvalue weighted by atomic mass is 35.7. The highest BCUT2D eigenvalue weighted by molar-refractivity contribution is 8.14. The number of para-hydroxylation sites is 1. The number of fused-ring (bicyclic) bond motifs is 1. The number of rotatable bonds is 1. The minimum absolute atomic E-state index is 0.531. The van der Waals surface area contributed by atoms with Crippen LogP contribution in [0, 0.1) is 0 Å². The van der Waals surface area contributed by atoms with Crippen LogP contribution in [0.5, 0.6) is 0 Å². The number of hydrogen-bond donors (Lipinski definition) is 1. The van der Waals surface area contributed by atoms with E-state index >= 15 is 0 Å². The molecule has 0 amide bonds. The van der Waals surface area contributed by atoms with E-state index in [4.69, 9.17) is 10.7 Å². The zero-order chi connectivity index (χ0) is 10.2. The first kappa shape index (κ1) is 9.80. The zero-order valence-corrected chi connectivity index (χ0v) is 8.98. The lowest BCUT2D eigenvalue weighted by Gasteiger charge is -2.24. The molecule has 0 unspecified atom stereocenters. The summed E-state index contributed by atoms with van der Waals surface area (Å²) < 4.78 is 22.2. The Balaban J connectivity index is 2.30. The Morgan fingerprint density at radius 1 is 1.36 bits per heavy atom. The Kier molecular flexibility index (Phi) is 2.41. The predicted molar refractivity (Wildman–Crippen MR) is 56.9 cm³/mol. The van der Waals surface area contributed by atoms with Gasteiger partial charge in [-0.1, -0.05) is 18.2 Å². The summed E-state index contributed by atoms with van der Waals surface area (Å²) in [6.45, 7) is 0. The minimum Gasteiger partial charge on any atom is -0.368 e. The van der Waals surface area contributed by atoms with Crippen LogP contribution in [0.4, 0.5) is 5.69 Å². The molecule has 3 nitrogen and oxygen atoms in total. The lowest BCUT2D eigenvalue weighted by Crippen LogP contribution is -2.30. The molecule has 1 heterocycles. The Morgan fingerprint density at radius 3 is 2.79 bits per heavy atom. The summed E-state index contributed by atoms with van der Waals surface area (Å²) in [5, 5.41) is 2.26. The number of nitrogens with one attached hydrogen (secondary N) is 1. The third kappa shape index (κ3) is 1.86. The molecule has 1 aromatic carbocycles. The first-order chi connectivity index (χ1) is 6.57. The molecule has 0 aliphatic carbocycles. The van der Waals surface area contributed by atoms with Gasteiger partial charge in [-0.15, -0.1) is 0 Å². The molecular weight excluding hydrogens is 222 g/mol. The maximum Gasteiger partial charge on any atom is 0.253 e. The van der Waals surface area contributed by atoms with Gasteiger partial charge in [-0.2, -0.15) is 0 Å². The molecule has 0 radical (unpaired) electrons. The minimum atomic E-state index is -3.51. The SMILES string of the molecule is O=S(=O)(Cl)[C@H]1CCc2ccccc2N1. The smallest absolute Gasteiger partial charge is 0.253 e. The van der Waals surface area contributed by atoms with E-state index in [1.54, 1.807) is 0 Å². The molecule has 0 saturated carbocycles. The summed E-state index contributed by atoms with van der Waals surface area (Å²) in [5.74, 6) is 0. The van der Waals surface area contributed by atoms with Crippen molar-refractivity contribution in [3.05, 3.63) is 29.8 Å². The number of aryl methyl sites for hydroxylation is 1. The van der Waals surface area contributed by atoms with Crippen molar-refractivity contribution in [2.75, 3.05) is 5.32 Å². The van der Waals surface area contributed by atoms with Crippen molar-refractivity contribution in [1.29, 1.82) is 0 Å². The van der Waals surface area contributed by atoms with E-state index in [1.165, 1.54) is 0 Å². The zero-order valence-electron chi connectivity index (χ0n) is 7.40. The van der Waals surface area contributed by atoms with Gasteiger partial charge in [0.25, 0.3) is 9.05 Å². The topological polar surface area (TPSA) is 46.2 Å². The second-order valence-electron chi connectivity index (χ2n) is 3.30. The van der Waals surface area contributed by atoms with Crippen LogP contribution in [0.2, 0.25) is 0 Å². The molecule has 0 saturated heterocycles. The van der Waals surface area contributed by atoms with E-state index in [9.17, 15) is 8.42 Å². The number of benzene rings is 1. The van der Waals surface area contributed by atoms with Gasteiger partial charge < -0.3 is 5.32 Å². The van der Waals surface area contributed by atoms with Crippen molar-refractivity contribution in [3.8, 4) is 0 Å². The monoisotopic (exact) mass is 231 g/mol. The second-order valence-corrected chi connectivity index (χ2v) is 6.11. The number of hydrogen-bond acceptors (Lipinski definition) is 3. The highest BCUT2D eigenvalue weighted by Crippen LogP contribution is 2.27. The Labute approximate surface area is 87.5 Å². The summed E-state index contributed by atoms with van der Waals surface area (Å²) in [6, 6.07) is 7.66. The molecular formula is C9H10ClNO2S. The second kappa shape index (κ2) is 3.44. The van der Waals surface area contributed by atoms with E-state index in [-0.39, 0.29) is 0 Å². The van der Waals surface area contributed by atoms with E-state index in [2.05, 4.69) is 5.32 Å². The van der Waals surface area contributed by atoms with Gasteiger partial charge in [0.2, 0.25) is 0 Å². The lowest BCUT2D eigenvalue weighted by molar-refractivity contribution is 0.591. The molecule has 0 aromatic heterocycles. The molecule has 1 aromatic rings. The van der Waals surface area contributed by atoms with Crippen LogP contribution < -0.4 is 5.32 Å². The molecule has 1 aliphatic heterocycles. The van der Waals surface area contributed by atoms with Gasteiger partial charge in [0.05, 0.1) is 0 Å². The van der Waals surface area contributed by atoms with Crippen LogP contribution in [-0.2, 0) is 15.5 Å².